The maximum absolute atomic E-state index is 13.5. The highest BCUT2D eigenvalue weighted by molar-refractivity contribution is 5.80. The van der Waals surface area contributed by atoms with Crippen molar-refractivity contribution in [3.8, 4) is 11.3 Å². The second-order valence-electron chi connectivity index (χ2n) is 6.51. The van der Waals surface area contributed by atoms with Gasteiger partial charge in [0.1, 0.15) is 6.33 Å². The molecule has 0 amide bonds. The van der Waals surface area contributed by atoms with E-state index in [2.05, 4.69) is 10.1 Å². The van der Waals surface area contributed by atoms with Gasteiger partial charge in [-0.2, -0.15) is 5.10 Å². The zero-order valence-electron chi connectivity index (χ0n) is 13.9. The van der Waals surface area contributed by atoms with Crippen molar-refractivity contribution in [3.63, 3.8) is 0 Å². The monoisotopic (exact) mass is 343 g/mol. The molecular weight excluding hydrogens is 324 g/mol. The molecule has 25 heavy (non-hydrogen) atoms. The number of rotatable bonds is 3. The van der Waals surface area contributed by atoms with Gasteiger partial charge in [0.15, 0.2) is 0 Å². The average Bonchev–Trinajstić information content (AvgIpc) is 3.17. The van der Waals surface area contributed by atoms with Crippen LogP contribution in [0.3, 0.4) is 0 Å². The van der Waals surface area contributed by atoms with Crippen LogP contribution in [0.5, 0.6) is 0 Å². The van der Waals surface area contributed by atoms with Crippen molar-refractivity contribution in [3.05, 3.63) is 47.9 Å². The summed E-state index contributed by atoms with van der Waals surface area (Å²) >= 11 is 0. The first kappa shape index (κ1) is 16.0. The van der Waals surface area contributed by atoms with E-state index in [1.807, 2.05) is 31.2 Å². The van der Waals surface area contributed by atoms with Crippen LogP contribution in [0.4, 0.5) is 14.5 Å². The highest BCUT2D eigenvalue weighted by atomic mass is 19.3. The van der Waals surface area contributed by atoms with Gasteiger partial charge in [0, 0.05) is 25.1 Å². The second-order valence-corrected chi connectivity index (χ2v) is 6.51. The van der Waals surface area contributed by atoms with E-state index in [9.17, 15) is 8.78 Å². The van der Waals surface area contributed by atoms with Crippen molar-refractivity contribution in [2.45, 2.75) is 25.8 Å². The first-order valence-electron chi connectivity index (χ1n) is 8.23. The van der Waals surface area contributed by atoms with Crippen molar-refractivity contribution in [2.75, 3.05) is 18.0 Å². The lowest BCUT2D eigenvalue weighted by Crippen LogP contribution is -2.24. The van der Waals surface area contributed by atoms with Gasteiger partial charge >= 0.3 is 0 Å². The topological polar surface area (TPSA) is 59.5 Å². The standard InChI is InChI=1S/C18H19F2N5/c1-12-6-13(2-3-14(12)8-21)17-16-7-15(9-25(16)23-11-22-17)24-5-4-18(19,20)10-24/h2-3,6-7,9,11H,4-5,8,10,21H2,1H3. The van der Waals surface area contributed by atoms with Crippen LogP contribution in [-0.4, -0.2) is 33.6 Å². The van der Waals surface area contributed by atoms with E-state index in [0.29, 0.717) is 13.1 Å². The van der Waals surface area contributed by atoms with Crippen molar-refractivity contribution < 1.29 is 8.78 Å². The van der Waals surface area contributed by atoms with Crippen LogP contribution in [0.1, 0.15) is 17.5 Å². The van der Waals surface area contributed by atoms with E-state index in [1.165, 1.54) is 6.33 Å². The first-order valence-corrected chi connectivity index (χ1v) is 8.23. The van der Waals surface area contributed by atoms with Crippen molar-refractivity contribution in [1.82, 2.24) is 14.6 Å². The Morgan fingerprint density at radius 3 is 2.80 bits per heavy atom. The van der Waals surface area contributed by atoms with Gasteiger partial charge in [0.05, 0.1) is 29.6 Å². The van der Waals surface area contributed by atoms with Crippen LogP contribution in [0.2, 0.25) is 0 Å². The molecule has 3 aromatic rings. The third-order valence-electron chi connectivity index (χ3n) is 4.76. The molecule has 0 saturated carbocycles. The summed E-state index contributed by atoms with van der Waals surface area (Å²) in [4.78, 5) is 6.11. The summed E-state index contributed by atoms with van der Waals surface area (Å²) in [5.74, 6) is -2.63. The molecule has 1 aromatic carbocycles. The number of aryl methyl sites for hydroxylation is 1. The lowest BCUT2D eigenvalue weighted by atomic mass is 10.0. The zero-order chi connectivity index (χ0) is 17.6. The Morgan fingerprint density at radius 2 is 2.12 bits per heavy atom. The van der Waals surface area contributed by atoms with Crippen LogP contribution in [0.15, 0.2) is 36.8 Å². The second kappa shape index (κ2) is 5.77. The SMILES string of the molecule is Cc1cc(-c2ncnn3cc(N4CCC(F)(F)C4)cc23)ccc1CN. The molecule has 1 aliphatic rings. The molecule has 0 radical (unpaired) electrons. The number of hydrogen-bond donors (Lipinski definition) is 1. The maximum atomic E-state index is 13.5. The average molecular weight is 343 g/mol. The molecule has 7 heteroatoms. The molecule has 1 fully saturated rings. The van der Waals surface area contributed by atoms with Gasteiger partial charge < -0.3 is 10.6 Å². The fourth-order valence-electron chi connectivity index (χ4n) is 3.34. The molecule has 0 spiro atoms. The minimum absolute atomic E-state index is 0.114. The molecule has 0 atom stereocenters. The highest BCUT2D eigenvalue weighted by Crippen LogP contribution is 2.33. The van der Waals surface area contributed by atoms with Gasteiger partial charge in [-0.05, 0) is 30.2 Å². The zero-order valence-corrected chi connectivity index (χ0v) is 13.9. The molecule has 130 valence electrons. The third kappa shape index (κ3) is 2.84. The lowest BCUT2D eigenvalue weighted by molar-refractivity contribution is 0.0257. The Labute approximate surface area is 144 Å². The third-order valence-corrected chi connectivity index (χ3v) is 4.76. The molecule has 1 aliphatic heterocycles. The van der Waals surface area contributed by atoms with E-state index < -0.39 is 5.92 Å². The Bertz CT molecular complexity index is 934. The van der Waals surface area contributed by atoms with Gasteiger partial charge in [-0.3, -0.25) is 0 Å². The van der Waals surface area contributed by atoms with Crippen LogP contribution in [-0.2, 0) is 6.54 Å². The smallest absolute Gasteiger partial charge is 0.266 e. The quantitative estimate of drug-likeness (QED) is 0.794. The molecular formula is C18H19F2N5. The van der Waals surface area contributed by atoms with Crippen LogP contribution in [0, 0.1) is 6.92 Å². The molecule has 0 aliphatic carbocycles. The van der Waals surface area contributed by atoms with E-state index in [-0.39, 0.29) is 13.0 Å². The minimum Gasteiger partial charge on any atom is -0.364 e. The summed E-state index contributed by atoms with van der Waals surface area (Å²) in [6.07, 6.45) is 3.15. The van der Waals surface area contributed by atoms with Gasteiger partial charge in [-0.15, -0.1) is 0 Å². The summed E-state index contributed by atoms with van der Waals surface area (Å²) in [5, 5.41) is 4.22. The van der Waals surface area contributed by atoms with Gasteiger partial charge in [0.2, 0.25) is 0 Å². The summed E-state index contributed by atoms with van der Waals surface area (Å²) in [6, 6.07) is 7.90. The number of fused-ring (bicyclic) bond motifs is 1. The number of anilines is 1. The molecule has 5 nitrogen and oxygen atoms in total. The number of alkyl halides is 2. The van der Waals surface area contributed by atoms with Crippen molar-refractivity contribution in [1.29, 1.82) is 0 Å². The Hall–Kier alpha value is -2.54. The van der Waals surface area contributed by atoms with E-state index in [0.717, 1.165) is 33.6 Å². The summed E-state index contributed by atoms with van der Waals surface area (Å²) in [6.45, 7) is 2.59. The van der Waals surface area contributed by atoms with E-state index in [1.54, 1.807) is 15.6 Å². The summed E-state index contributed by atoms with van der Waals surface area (Å²) in [7, 11) is 0. The van der Waals surface area contributed by atoms with Crippen molar-refractivity contribution >= 4 is 11.2 Å². The Morgan fingerprint density at radius 1 is 1.28 bits per heavy atom. The minimum atomic E-state index is -2.63. The number of benzene rings is 1. The predicted molar refractivity (Wildman–Crippen MR) is 92.8 cm³/mol. The molecule has 0 unspecified atom stereocenters. The summed E-state index contributed by atoms with van der Waals surface area (Å²) in [5.41, 5.74) is 11.2. The van der Waals surface area contributed by atoms with Crippen molar-refractivity contribution in [2.24, 2.45) is 5.73 Å². The molecule has 2 aromatic heterocycles. The highest BCUT2D eigenvalue weighted by Gasteiger charge is 2.38. The van der Waals surface area contributed by atoms with Crippen LogP contribution < -0.4 is 10.6 Å². The normalized spacial score (nSPS) is 16.7. The fourth-order valence-corrected chi connectivity index (χ4v) is 3.34. The fraction of sp³-hybridized carbons (Fsp3) is 0.333. The Kier molecular flexibility index (Phi) is 3.68. The molecule has 3 heterocycles. The number of nitrogens with zero attached hydrogens (tertiary/aromatic N) is 4. The van der Waals surface area contributed by atoms with Crippen LogP contribution >= 0.6 is 0 Å². The molecule has 1 saturated heterocycles. The number of halogens is 2. The maximum Gasteiger partial charge on any atom is 0.266 e. The van der Waals surface area contributed by atoms with Gasteiger partial charge in [-0.1, -0.05) is 12.1 Å². The molecule has 2 N–H and O–H groups in total. The van der Waals surface area contributed by atoms with Crippen LogP contribution in [0.25, 0.3) is 16.8 Å². The number of aromatic nitrogens is 3. The lowest BCUT2D eigenvalue weighted by Gasteiger charge is -2.15. The predicted octanol–water partition coefficient (Wildman–Crippen LogP) is 3.01. The summed E-state index contributed by atoms with van der Waals surface area (Å²) < 4.78 is 28.7. The van der Waals surface area contributed by atoms with Gasteiger partial charge in [0.25, 0.3) is 5.92 Å². The first-order chi connectivity index (χ1) is 12.0. The largest absolute Gasteiger partial charge is 0.364 e. The molecule has 0 bridgehead atoms. The number of nitrogens with two attached hydrogens (primary N) is 1. The Balaban J connectivity index is 1.77. The number of hydrogen-bond acceptors (Lipinski definition) is 4. The van der Waals surface area contributed by atoms with Gasteiger partial charge in [-0.25, -0.2) is 18.3 Å². The molecule has 4 rings (SSSR count). The van der Waals surface area contributed by atoms with E-state index in [4.69, 9.17) is 5.73 Å². The van der Waals surface area contributed by atoms with E-state index >= 15 is 0 Å².